The van der Waals surface area contributed by atoms with Gasteiger partial charge in [0.15, 0.2) is 0 Å². The first kappa shape index (κ1) is 15.0. The molecule has 2 aliphatic rings. The summed E-state index contributed by atoms with van der Waals surface area (Å²) < 4.78 is 7.72. The van der Waals surface area contributed by atoms with E-state index in [0.29, 0.717) is 30.4 Å². The Hall–Kier alpha value is -2.56. The second-order valence-electron chi connectivity index (χ2n) is 6.59. The first-order chi connectivity index (χ1) is 11.6. The molecule has 1 saturated carbocycles. The van der Waals surface area contributed by atoms with E-state index >= 15 is 0 Å². The van der Waals surface area contributed by atoms with E-state index in [1.165, 1.54) is 0 Å². The third kappa shape index (κ3) is 2.82. The summed E-state index contributed by atoms with van der Waals surface area (Å²) in [5.41, 5.74) is 1.64. The van der Waals surface area contributed by atoms with Gasteiger partial charge in [-0.3, -0.25) is 9.59 Å². The number of likely N-dealkylation sites (tertiary alicyclic amines) is 1. The van der Waals surface area contributed by atoms with Gasteiger partial charge in [0, 0.05) is 23.4 Å². The van der Waals surface area contributed by atoms with Crippen LogP contribution in [-0.4, -0.2) is 34.6 Å². The number of hydrogen-bond donors (Lipinski definition) is 0. The molecule has 0 atom stereocenters. The molecule has 4 rings (SSSR count). The average Bonchev–Trinajstić information content (AvgIpc) is 3.35. The molecule has 0 unspecified atom stereocenters. The van der Waals surface area contributed by atoms with Crippen LogP contribution in [0, 0.1) is 6.92 Å². The summed E-state index contributed by atoms with van der Waals surface area (Å²) in [7, 11) is 0. The molecule has 24 heavy (non-hydrogen) atoms. The third-order valence-electron chi connectivity index (χ3n) is 4.61. The topological polar surface area (TPSA) is 51.5 Å². The number of aryl methyl sites for hydroxylation is 1. The zero-order valence-corrected chi connectivity index (χ0v) is 13.6. The van der Waals surface area contributed by atoms with Gasteiger partial charge in [0.25, 0.3) is 11.5 Å². The van der Waals surface area contributed by atoms with Crippen LogP contribution < -0.4 is 10.3 Å². The lowest BCUT2D eigenvalue weighted by Gasteiger charge is -2.39. The number of nitrogens with zero attached hydrogens (tertiary/aromatic N) is 2. The quantitative estimate of drug-likeness (QED) is 0.868. The minimum Gasteiger partial charge on any atom is -0.486 e. The van der Waals surface area contributed by atoms with E-state index in [1.54, 1.807) is 11.0 Å². The van der Waals surface area contributed by atoms with Crippen LogP contribution in [0.1, 0.15) is 34.9 Å². The van der Waals surface area contributed by atoms with E-state index in [-0.39, 0.29) is 17.6 Å². The highest BCUT2D eigenvalue weighted by Gasteiger charge is 2.33. The molecule has 1 aliphatic heterocycles. The van der Waals surface area contributed by atoms with E-state index in [2.05, 4.69) is 0 Å². The van der Waals surface area contributed by atoms with Crippen LogP contribution in [0.3, 0.4) is 0 Å². The van der Waals surface area contributed by atoms with Gasteiger partial charge in [-0.1, -0.05) is 18.2 Å². The van der Waals surface area contributed by atoms with Gasteiger partial charge in [0.1, 0.15) is 11.9 Å². The second-order valence-corrected chi connectivity index (χ2v) is 6.59. The molecule has 124 valence electrons. The molecule has 1 aromatic carbocycles. The Labute approximate surface area is 140 Å². The fraction of sp³-hybridized carbons (Fsp3) is 0.368. The summed E-state index contributed by atoms with van der Waals surface area (Å²) in [6.45, 7) is 3.05. The van der Waals surface area contributed by atoms with Gasteiger partial charge in [0.2, 0.25) is 0 Å². The Balaban J connectivity index is 1.38. The Bertz CT molecular complexity index is 818. The molecule has 1 saturated heterocycles. The van der Waals surface area contributed by atoms with Gasteiger partial charge in [-0.05, 0) is 38.0 Å². The predicted octanol–water partition coefficient (Wildman–Crippen LogP) is 2.40. The lowest BCUT2D eigenvalue weighted by atomic mass is 10.1. The minimum absolute atomic E-state index is 0.00374. The third-order valence-corrected chi connectivity index (χ3v) is 4.61. The van der Waals surface area contributed by atoms with Crippen LogP contribution in [0.2, 0.25) is 0 Å². The summed E-state index contributed by atoms with van der Waals surface area (Å²) in [6, 6.07) is 13.1. The molecular formula is C19H20N2O3. The lowest BCUT2D eigenvalue weighted by Crippen LogP contribution is -2.56. The van der Waals surface area contributed by atoms with E-state index in [1.807, 2.05) is 47.9 Å². The van der Waals surface area contributed by atoms with Crippen LogP contribution in [0.15, 0.2) is 47.3 Å². The van der Waals surface area contributed by atoms with E-state index < -0.39 is 0 Å². The largest absolute Gasteiger partial charge is 0.486 e. The highest BCUT2D eigenvalue weighted by Crippen LogP contribution is 2.35. The van der Waals surface area contributed by atoms with Crippen molar-refractivity contribution in [2.75, 3.05) is 13.1 Å². The van der Waals surface area contributed by atoms with Crippen molar-refractivity contribution >= 4 is 5.91 Å². The van der Waals surface area contributed by atoms with Crippen LogP contribution in [0.4, 0.5) is 0 Å². The Morgan fingerprint density at radius 2 is 1.83 bits per heavy atom. The van der Waals surface area contributed by atoms with E-state index in [4.69, 9.17) is 4.74 Å². The van der Waals surface area contributed by atoms with Crippen LogP contribution in [0.25, 0.3) is 0 Å². The second kappa shape index (κ2) is 5.82. The van der Waals surface area contributed by atoms with Gasteiger partial charge in [-0.25, -0.2) is 0 Å². The van der Waals surface area contributed by atoms with Crippen molar-refractivity contribution in [2.45, 2.75) is 31.9 Å². The molecule has 0 spiro atoms. The number of ether oxygens (including phenoxy) is 1. The number of rotatable bonds is 4. The molecule has 1 amide bonds. The van der Waals surface area contributed by atoms with Gasteiger partial charge in [-0.2, -0.15) is 0 Å². The Morgan fingerprint density at radius 1 is 1.12 bits per heavy atom. The summed E-state index contributed by atoms with van der Waals surface area (Å²) in [5, 5.41) is 0. The average molecular weight is 324 g/mol. The number of pyridine rings is 1. The fourth-order valence-corrected chi connectivity index (χ4v) is 3.19. The van der Waals surface area contributed by atoms with Crippen molar-refractivity contribution in [1.29, 1.82) is 0 Å². The molecular weight excluding hydrogens is 304 g/mol. The van der Waals surface area contributed by atoms with Crippen LogP contribution in [-0.2, 0) is 0 Å². The lowest BCUT2D eigenvalue weighted by molar-refractivity contribution is 0.0176. The molecule has 1 aromatic heterocycles. The Kier molecular flexibility index (Phi) is 3.63. The number of carbonyl (C=O) groups is 1. The van der Waals surface area contributed by atoms with E-state index in [0.717, 1.165) is 18.5 Å². The van der Waals surface area contributed by atoms with Gasteiger partial charge < -0.3 is 14.2 Å². The molecule has 0 bridgehead atoms. The maximum Gasteiger partial charge on any atom is 0.254 e. The summed E-state index contributed by atoms with van der Waals surface area (Å²) >= 11 is 0. The predicted molar refractivity (Wildman–Crippen MR) is 90.5 cm³/mol. The molecule has 0 radical (unpaired) electrons. The maximum atomic E-state index is 12.3. The summed E-state index contributed by atoms with van der Waals surface area (Å²) in [4.78, 5) is 26.2. The zero-order chi connectivity index (χ0) is 16.7. The van der Waals surface area contributed by atoms with Crippen molar-refractivity contribution in [1.82, 2.24) is 9.47 Å². The summed E-state index contributed by atoms with van der Waals surface area (Å²) in [5.74, 6) is 0.627. The highest BCUT2D eigenvalue weighted by atomic mass is 16.5. The normalized spacial score (nSPS) is 17.5. The van der Waals surface area contributed by atoms with Gasteiger partial charge in [0.05, 0.1) is 13.1 Å². The van der Waals surface area contributed by atoms with Gasteiger partial charge in [-0.15, -0.1) is 0 Å². The van der Waals surface area contributed by atoms with Crippen LogP contribution >= 0.6 is 0 Å². The van der Waals surface area contributed by atoms with Crippen molar-refractivity contribution < 1.29 is 9.53 Å². The van der Waals surface area contributed by atoms with E-state index in [9.17, 15) is 9.59 Å². The monoisotopic (exact) mass is 324 g/mol. The summed E-state index contributed by atoms with van der Waals surface area (Å²) in [6.07, 6.45) is 2.12. The molecule has 2 fully saturated rings. The first-order valence-electron chi connectivity index (χ1n) is 8.36. The molecule has 1 aliphatic carbocycles. The first-order valence-corrected chi connectivity index (χ1v) is 8.36. The molecule has 2 aromatic rings. The van der Waals surface area contributed by atoms with Crippen molar-refractivity contribution in [3.63, 3.8) is 0 Å². The number of carbonyl (C=O) groups excluding carboxylic acids is 1. The fourth-order valence-electron chi connectivity index (χ4n) is 3.19. The number of aromatic nitrogens is 1. The number of amides is 1. The SMILES string of the molecule is Cc1cc(OC2CN(C(=O)c3ccccc3)C2)cc(=O)n1C1CC1. The van der Waals surface area contributed by atoms with Crippen molar-refractivity contribution in [3.8, 4) is 5.75 Å². The number of benzene rings is 1. The van der Waals surface area contributed by atoms with Crippen molar-refractivity contribution in [2.24, 2.45) is 0 Å². The highest BCUT2D eigenvalue weighted by molar-refractivity contribution is 5.94. The standard InChI is InChI=1S/C19H20N2O3/c1-13-9-16(10-18(22)21(13)15-7-8-15)24-17-11-20(12-17)19(23)14-5-3-2-4-6-14/h2-6,9-10,15,17H,7-8,11-12H2,1H3. The number of hydrogen-bond acceptors (Lipinski definition) is 3. The van der Waals surface area contributed by atoms with Gasteiger partial charge >= 0.3 is 0 Å². The zero-order valence-electron chi connectivity index (χ0n) is 13.6. The molecule has 5 nitrogen and oxygen atoms in total. The smallest absolute Gasteiger partial charge is 0.254 e. The van der Waals surface area contributed by atoms with Crippen molar-refractivity contribution in [3.05, 3.63) is 64.1 Å². The molecule has 5 heteroatoms. The minimum atomic E-state index is -0.0479. The van der Waals surface area contributed by atoms with Crippen LogP contribution in [0.5, 0.6) is 5.75 Å². The Morgan fingerprint density at radius 3 is 2.46 bits per heavy atom. The molecule has 0 N–H and O–H groups in total. The maximum absolute atomic E-state index is 12.3. The molecule has 2 heterocycles.